The second kappa shape index (κ2) is 9.50. The van der Waals surface area contributed by atoms with Crippen LogP contribution in [0.4, 0.5) is 0 Å². The summed E-state index contributed by atoms with van der Waals surface area (Å²) in [7, 11) is 5.18. The summed E-state index contributed by atoms with van der Waals surface area (Å²) in [5, 5.41) is 6.11. The van der Waals surface area contributed by atoms with Crippen molar-refractivity contribution in [3.05, 3.63) is 34.6 Å². The number of imidazole rings is 1. The van der Waals surface area contributed by atoms with Gasteiger partial charge in [-0.15, -0.1) is 0 Å². The van der Waals surface area contributed by atoms with Crippen molar-refractivity contribution in [2.24, 2.45) is 5.41 Å². The lowest BCUT2D eigenvalue weighted by Crippen LogP contribution is -2.53. The SMILES string of the molecule is CNC(=O)C(NC(=O)c1nc(-c2cc(Cl)ccc2OC)n2c1CN(C)CCC2)C(C)(C)C. The number of hydrogen-bond donors (Lipinski definition) is 2. The summed E-state index contributed by atoms with van der Waals surface area (Å²) in [6, 6.07) is 4.65. The van der Waals surface area contributed by atoms with E-state index in [1.807, 2.05) is 27.8 Å². The van der Waals surface area contributed by atoms with Gasteiger partial charge in [0.2, 0.25) is 5.91 Å². The monoisotopic (exact) mass is 461 g/mol. The highest BCUT2D eigenvalue weighted by Crippen LogP contribution is 2.34. The lowest BCUT2D eigenvalue weighted by atomic mass is 9.86. The molecular weight excluding hydrogens is 430 g/mol. The van der Waals surface area contributed by atoms with E-state index in [9.17, 15) is 9.59 Å². The number of carbonyl (C=O) groups excluding carboxylic acids is 2. The predicted molar refractivity (Wildman–Crippen MR) is 125 cm³/mol. The van der Waals surface area contributed by atoms with Crippen LogP contribution in [0.2, 0.25) is 5.02 Å². The molecule has 0 saturated carbocycles. The molecule has 1 aromatic carbocycles. The Morgan fingerprint density at radius 3 is 2.59 bits per heavy atom. The Kier molecular flexibility index (Phi) is 7.15. The third kappa shape index (κ3) is 4.91. The summed E-state index contributed by atoms with van der Waals surface area (Å²) in [4.78, 5) is 32.8. The van der Waals surface area contributed by atoms with Gasteiger partial charge in [0.25, 0.3) is 5.91 Å². The Morgan fingerprint density at radius 2 is 1.97 bits per heavy atom. The quantitative estimate of drug-likeness (QED) is 0.714. The number of fused-ring (bicyclic) bond motifs is 1. The van der Waals surface area contributed by atoms with E-state index >= 15 is 0 Å². The maximum absolute atomic E-state index is 13.4. The Hall–Kier alpha value is -2.58. The van der Waals surface area contributed by atoms with E-state index in [1.54, 1.807) is 32.4 Å². The van der Waals surface area contributed by atoms with Crippen LogP contribution in [0.3, 0.4) is 0 Å². The minimum absolute atomic E-state index is 0.245. The van der Waals surface area contributed by atoms with Crippen LogP contribution in [0, 0.1) is 5.41 Å². The van der Waals surface area contributed by atoms with Crippen LogP contribution in [0.1, 0.15) is 43.4 Å². The molecule has 1 aliphatic heterocycles. The molecule has 0 fully saturated rings. The first-order valence-corrected chi connectivity index (χ1v) is 11.1. The van der Waals surface area contributed by atoms with Crippen LogP contribution in [0.15, 0.2) is 18.2 Å². The van der Waals surface area contributed by atoms with E-state index in [1.165, 1.54) is 0 Å². The van der Waals surface area contributed by atoms with E-state index in [2.05, 4.69) is 20.1 Å². The molecule has 0 aliphatic carbocycles. The number of aromatic nitrogens is 2. The van der Waals surface area contributed by atoms with Gasteiger partial charge in [0.05, 0.1) is 18.4 Å². The molecule has 1 unspecified atom stereocenters. The molecule has 0 radical (unpaired) electrons. The van der Waals surface area contributed by atoms with Crippen LogP contribution in [0.25, 0.3) is 11.4 Å². The lowest BCUT2D eigenvalue weighted by molar-refractivity contribution is -0.124. The largest absolute Gasteiger partial charge is 0.496 e. The molecule has 8 nitrogen and oxygen atoms in total. The van der Waals surface area contributed by atoms with E-state index in [-0.39, 0.29) is 11.8 Å². The third-order valence-corrected chi connectivity index (χ3v) is 5.92. The smallest absolute Gasteiger partial charge is 0.272 e. The summed E-state index contributed by atoms with van der Waals surface area (Å²) >= 11 is 6.28. The molecule has 2 aromatic rings. The van der Waals surface area contributed by atoms with Gasteiger partial charge in [-0.05, 0) is 43.6 Å². The van der Waals surface area contributed by atoms with Gasteiger partial charge in [-0.25, -0.2) is 4.98 Å². The fraction of sp³-hybridized carbons (Fsp3) is 0.522. The number of benzene rings is 1. The minimum Gasteiger partial charge on any atom is -0.496 e. The first-order valence-electron chi connectivity index (χ1n) is 10.7. The zero-order valence-electron chi connectivity index (χ0n) is 19.6. The number of amides is 2. The van der Waals surface area contributed by atoms with Gasteiger partial charge in [-0.2, -0.15) is 0 Å². The van der Waals surface area contributed by atoms with E-state index in [4.69, 9.17) is 21.3 Å². The summed E-state index contributed by atoms with van der Waals surface area (Å²) < 4.78 is 7.62. The second-order valence-corrected chi connectivity index (χ2v) is 9.64. The highest BCUT2D eigenvalue weighted by atomic mass is 35.5. The van der Waals surface area contributed by atoms with E-state index in [0.29, 0.717) is 35.4 Å². The molecule has 174 valence electrons. The van der Waals surface area contributed by atoms with Crippen molar-refractivity contribution < 1.29 is 14.3 Å². The predicted octanol–water partition coefficient (Wildman–Crippen LogP) is 2.94. The molecule has 2 amide bonds. The molecule has 2 N–H and O–H groups in total. The van der Waals surface area contributed by atoms with Crippen molar-refractivity contribution in [2.75, 3.05) is 27.7 Å². The first kappa shape index (κ1) is 24.1. The number of carbonyl (C=O) groups is 2. The number of ether oxygens (including phenoxy) is 1. The number of halogens is 1. The molecular formula is C23H32ClN5O3. The fourth-order valence-corrected chi connectivity index (χ4v) is 4.15. The highest BCUT2D eigenvalue weighted by Gasteiger charge is 2.35. The number of nitrogens with zero attached hydrogens (tertiary/aromatic N) is 3. The summed E-state index contributed by atoms with van der Waals surface area (Å²) in [6.45, 7) is 7.92. The molecule has 1 aromatic heterocycles. The molecule has 9 heteroatoms. The second-order valence-electron chi connectivity index (χ2n) is 9.21. The van der Waals surface area contributed by atoms with Crippen molar-refractivity contribution in [2.45, 2.75) is 46.3 Å². The number of likely N-dealkylation sites (N-methyl/N-ethyl adjacent to an activating group) is 1. The van der Waals surface area contributed by atoms with Crippen molar-refractivity contribution in [1.29, 1.82) is 0 Å². The van der Waals surface area contributed by atoms with Gasteiger partial charge >= 0.3 is 0 Å². The molecule has 0 saturated heterocycles. The number of nitrogens with one attached hydrogen (secondary N) is 2. The molecule has 32 heavy (non-hydrogen) atoms. The zero-order chi connectivity index (χ0) is 23.6. The third-order valence-electron chi connectivity index (χ3n) is 5.68. The maximum atomic E-state index is 13.4. The van der Waals surface area contributed by atoms with Gasteiger partial charge in [0.1, 0.15) is 17.6 Å². The first-order chi connectivity index (χ1) is 15.1. The van der Waals surface area contributed by atoms with Gasteiger partial charge < -0.3 is 24.8 Å². The summed E-state index contributed by atoms with van der Waals surface area (Å²) in [5.41, 5.74) is 1.38. The molecule has 3 rings (SSSR count). The summed E-state index contributed by atoms with van der Waals surface area (Å²) in [5.74, 6) is 0.640. The Bertz CT molecular complexity index is 1010. The minimum atomic E-state index is -0.704. The normalized spacial score (nSPS) is 15.5. The maximum Gasteiger partial charge on any atom is 0.272 e. The Balaban J connectivity index is 2.12. The van der Waals surface area contributed by atoms with Gasteiger partial charge in [-0.1, -0.05) is 32.4 Å². The topological polar surface area (TPSA) is 88.5 Å². The highest BCUT2D eigenvalue weighted by molar-refractivity contribution is 6.31. The van der Waals surface area contributed by atoms with Crippen molar-refractivity contribution in [1.82, 2.24) is 25.1 Å². The van der Waals surface area contributed by atoms with E-state index in [0.717, 1.165) is 24.2 Å². The van der Waals surface area contributed by atoms with Crippen LogP contribution >= 0.6 is 11.6 Å². The molecule has 0 spiro atoms. The van der Waals surface area contributed by atoms with Crippen molar-refractivity contribution in [3.63, 3.8) is 0 Å². The van der Waals surface area contributed by atoms with Crippen LogP contribution in [0.5, 0.6) is 5.75 Å². The fourth-order valence-electron chi connectivity index (χ4n) is 3.98. The van der Waals surface area contributed by atoms with Crippen LogP contribution in [-0.2, 0) is 17.9 Å². The Labute approximate surface area is 194 Å². The van der Waals surface area contributed by atoms with Gasteiger partial charge in [-0.3, -0.25) is 9.59 Å². The molecule has 1 aliphatic rings. The average molecular weight is 462 g/mol. The van der Waals surface area contributed by atoms with Crippen molar-refractivity contribution in [3.8, 4) is 17.1 Å². The lowest BCUT2D eigenvalue weighted by Gasteiger charge is -2.29. The standard InChI is InChI=1S/C23H32ClN5O3/c1-23(2,3)19(22(31)25-4)27-21(30)18-16-13-28(5)10-7-11-29(16)20(26-18)15-12-14(24)8-9-17(15)32-6/h8-9,12,19H,7,10-11,13H2,1-6H3,(H,25,31)(H,27,30). The zero-order valence-corrected chi connectivity index (χ0v) is 20.3. The molecule has 0 bridgehead atoms. The number of methoxy groups -OCH3 is 1. The van der Waals surface area contributed by atoms with Crippen LogP contribution < -0.4 is 15.4 Å². The summed E-state index contributed by atoms with van der Waals surface area (Å²) in [6.07, 6.45) is 0.916. The number of rotatable bonds is 5. The molecule has 2 heterocycles. The van der Waals surface area contributed by atoms with Crippen LogP contribution in [-0.4, -0.2) is 60.1 Å². The van der Waals surface area contributed by atoms with Crippen molar-refractivity contribution >= 4 is 23.4 Å². The van der Waals surface area contributed by atoms with Gasteiger partial charge in [0, 0.05) is 25.2 Å². The van der Waals surface area contributed by atoms with Gasteiger partial charge in [0.15, 0.2) is 5.69 Å². The van der Waals surface area contributed by atoms with E-state index < -0.39 is 11.5 Å². The Morgan fingerprint density at radius 1 is 1.25 bits per heavy atom. The molecule has 1 atom stereocenters. The number of hydrogen-bond acceptors (Lipinski definition) is 5. The average Bonchev–Trinajstić information content (AvgIpc) is 2.96.